The smallest absolute Gasteiger partial charge is 0.409 e. The van der Waals surface area contributed by atoms with Crippen molar-refractivity contribution in [3.8, 4) is 0 Å². The molecule has 1 saturated heterocycles. The van der Waals surface area contributed by atoms with Crippen LogP contribution >= 0.6 is 0 Å². The second kappa shape index (κ2) is 9.36. The van der Waals surface area contributed by atoms with Crippen molar-refractivity contribution in [1.29, 1.82) is 0 Å². The molecule has 0 saturated carbocycles. The standard InChI is InChI=1S/C21H27N5O3/c1-4-29-21(28)26-11-8-16(9-12-26)23-19(27)18-7-10-22-20(25-18)24-17-6-5-14(2)13-15(17)3/h5-7,10,13,16H,4,8-9,11-12H2,1-3H3,(H,23,27)(H,22,24,25). The number of rotatable bonds is 5. The minimum absolute atomic E-state index is 0.00102. The molecule has 2 amide bonds. The average molecular weight is 397 g/mol. The summed E-state index contributed by atoms with van der Waals surface area (Å²) in [6.45, 7) is 7.32. The number of benzene rings is 1. The van der Waals surface area contributed by atoms with Crippen LogP contribution in [0.4, 0.5) is 16.4 Å². The normalized spacial score (nSPS) is 14.4. The first-order chi connectivity index (χ1) is 14.0. The minimum Gasteiger partial charge on any atom is -0.450 e. The van der Waals surface area contributed by atoms with Crippen LogP contribution in [0.5, 0.6) is 0 Å². The van der Waals surface area contributed by atoms with Gasteiger partial charge in [0.05, 0.1) is 6.61 Å². The zero-order valence-corrected chi connectivity index (χ0v) is 17.1. The lowest BCUT2D eigenvalue weighted by atomic mass is 10.1. The molecule has 2 aromatic rings. The Labute approximate surface area is 170 Å². The average Bonchev–Trinajstić information content (AvgIpc) is 2.71. The number of anilines is 2. The Morgan fingerprint density at radius 2 is 1.97 bits per heavy atom. The predicted octanol–water partition coefficient (Wildman–Crippen LogP) is 3.19. The van der Waals surface area contributed by atoms with E-state index in [4.69, 9.17) is 4.74 Å². The maximum Gasteiger partial charge on any atom is 0.409 e. The van der Waals surface area contributed by atoms with Gasteiger partial charge in [0.25, 0.3) is 5.91 Å². The molecule has 1 fully saturated rings. The number of amides is 2. The predicted molar refractivity (Wildman–Crippen MR) is 110 cm³/mol. The van der Waals surface area contributed by atoms with Crippen molar-refractivity contribution in [2.75, 3.05) is 25.0 Å². The molecular formula is C21H27N5O3. The van der Waals surface area contributed by atoms with Crippen molar-refractivity contribution < 1.29 is 14.3 Å². The van der Waals surface area contributed by atoms with Crippen molar-refractivity contribution in [3.05, 3.63) is 47.3 Å². The van der Waals surface area contributed by atoms with Gasteiger partial charge in [-0.15, -0.1) is 0 Å². The van der Waals surface area contributed by atoms with E-state index in [0.29, 0.717) is 44.2 Å². The molecule has 2 heterocycles. The number of ether oxygens (including phenoxy) is 1. The number of nitrogens with zero attached hydrogens (tertiary/aromatic N) is 3. The second-order valence-electron chi connectivity index (χ2n) is 7.14. The van der Waals surface area contributed by atoms with Crippen LogP contribution in [0.25, 0.3) is 0 Å². The fraction of sp³-hybridized carbons (Fsp3) is 0.429. The number of hydrogen-bond acceptors (Lipinski definition) is 6. The highest BCUT2D eigenvalue weighted by atomic mass is 16.6. The van der Waals surface area contributed by atoms with E-state index in [0.717, 1.165) is 11.3 Å². The van der Waals surface area contributed by atoms with Gasteiger partial charge in [-0.2, -0.15) is 0 Å². The number of aromatic nitrogens is 2. The summed E-state index contributed by atoms with van der Waals surface area (Å²) in [5, 5.41) is 6.17. The monoisotopic (exact) mass is 397 g/mol. The van der Waals surface area contributed by atoms with E-state index in [9.17, 15) is 9.59 Å². The molecule has 8 nitrogen and oxygen atoms in total. The number of carbonyl (C=O) groups excluding carboxylic acids is 2. The van der Waals surface area contributed by atoms with Gasteiger partial charge in [-0.1, -0.05) is 17.7 Å². The van der Waals surface area contributed by atoms with Gasteiger partial charge in [-0.25, -0.2) is 14.8 Å². The second-order valence-corrected chi connectivity index (χ2v) is 7.14. The number of hydrogen-bond donors (Lipinski definition) is 2. The lowest BCUT2D eigenvalue weighted by Gasteiger charge is -2.31. The van der Waals surface area contributed by atoms with Crippen molar-refractivity contribution in [1.82, 2.24) is 20.2 Å². The SMILES string of the molecule is CCOC(=O)N1CCC(NC(=O)c2ccnc(Nc3ccc(C)cc3C)n2)CC1. The Morgan fingerprint density at radius 1 is 1.21 bits per heavy atom. The van der Waals surface area contributed by atoms with Crippen LogP contribution in [0.3, 0.4) is 0 Å². The van der Waals surface area contributed by atoms with Gasteiger partial charge in [-0.3, -0.25) is 4.79 Å². The van der Waals surface area contributed by atoms with Crippen LogP contribution in [-0.2, 0) is 4.74 Å². The van der Waals surface area contributed by atoms with Crippen LogP contribution in [0, 0.1) is 13.8 Å². The van der Waals surface area contributed by atoms with Crippen molar-refractivity contribution in [3.63, 3.8) is 0 Å². The maximum absolute atomic E-state index is 12.6. The van der Waals surface area contributed by atoms with Crippen LogP contribution in [0.1, 0.15) is 41.4 Å². The molecule has 0 atom stereocenters. The zero-order chi connectivity index (χ0) is 20.8. The van der Waals surface area contributed by atoms with E-state index >= 15 is 0 Å². The molecular weight excluding hydrogens is 370 g/mol. The highest BCUT2D eigenvalue weighted by Gasteiger charge is 2.25. The first-order valence-corrected chi connectivity index (χ1v) is 9.86. The number of piperidine rings is 1. The third-order valence-electron chi connectivity index (χ3n) is 4.87. The Bertz CT molecular complexity index is 878. The first kappa shape index (κ1) is 20.6. The quantitative estimate of drug-likeness (QED) is 0.804. The molecule has 0 bridgehead atoms. The summed E-state index contributed by atoms with van der Waals surface area (Å²) < 4.78 is 5.02. The van der Waals surface area contributed by atoms with Crippen LogP contribution in [0.2, 0.25) is 0 Å². The maximum atomic E-state index is 12.6. The third kappa shape index (κ3) is 5.43. The number of carbonyl (C=O) groups is 2. The van der Waals surface area contributed by atoms with E-state index in [1.807, 2.05) is 26.0 Å². The molecule has 1 aromatic carbocycles. The highest BCUT2D eigenvalue weighted by molar-refractivity contribution is 5.92. The summed E-state index contributed by atoms with van der Waals surface area (Å²) in [6, 6.07) is 7.64. The molecule has 3 rings (SSSR count). The summed E-state index contributed by atoms with van der Waals surface area (Å²) in [4.78, 5) is 34.6. The lowest BCUT2D eigenvalue weighted by Crippen LogP contribution is -2.46. The summed E-state index contributed by atoms with van der Waals surface area (Å²) in [7, 11) is 0. The van der Waals surface area contributed by atoms with Crippen LogP contribution < -0.4 is 10.6 Å². The Hall–Kier alpha value is -3.16. The zero-order valence-electron chi connectivity index (χ0n) is 17.1. The van der Waals surface area contributed by atoms with Gasteiger partial charge in [0.2, 0.25) is 5.95 Å². The van der Waals surface area contributed by atoms with Gasteiger partial charge < -0.3 is 20.3 Å². The van der Waals surface area contributed by atoms with Crippen LogP contribution in [0.15, 0.2) is 30.5 Å². The molecule has 8 heteroatoms. The van der Waals surface area contributed by atoms with Gasteiger partial charge in [0, 0.05) is 31.0 Å². The van der Waals surface area contributed by atoms with Gasteiger partial charge >= 0.3 is 6.09 Å². The van der Waals surface area contributed by atoms with Crippen LogP contribution in [-0.4, -0.2) is 52.6 Å². The minimum atomic E-state index is -0.296. The molecule has 2 N–H and O–H groups in total. The number of likely N-dealkylation sites (tertiary alicyclic amines) is 1. The van der Waals surface area contributed by atoms with Gasteiger partial charge in [0.1, 0.15) is 5.69 Å². The lowest BCUT2D eigenvalue weighted by molar-refractivity contribution is 0.0856. The summed E-state index contributed by atoms with van der Waals surface area (Å²) in [5.41, 5.74) is 3.47. The molecule has 0 aliphatic carbocycles. The molecule has 1 aromatic heterocycles. The van der Waals surface area contributed by atoms with Crippen molar-refractivity contribution >= 4 is 23.6 Å². The Morgan fingerprint density at radius 3 is 2.66 bits per heavy atom. The summed E-state index contributed by atoms with van der Waals surface area (Å²) >= 11 is 0. The Balaban J connectivity index is 1.58. The molecule has 0 unspecified atom stereocenters. The van der Waals surface area contributed by atoms with Crippen molar-refractivity contribution in [2.45, 2.75) is 39.7 Å². The topological polar surface area (TPSA) is 96.5 Å². The van der Waals surface area contributed by atoms with Crippen molar-refractivity contribution in [2.24, 2.45) is 0 Å². The third-order valence-corrected chi connectivity index (χ3v) is 4.87. The molecule has 0 spiro atoms. The number of nitrogens with one attached hydrogen (secondary N) is 2. The molecule has 29 heavy (non-hydrogen) atoms. The van der Waals surface area contributed by atoms with E-state index < -0.39 is 0 Å². The number of aryl methyl sites for hydroxylation is 2. The molecule has 1 aliphatic rings. The first-order valence-electron chi connectivity index (χ1n) is 9.86. The summed E-state index contributed by atoms with van der Waals surface area (Å²) in [5.74, 6) is 0.132. The van der Waals surface area contributed by atoms with Gasteiger partial charge in [-0.05, 0) is 51.3 Å². The Kier molecular flexibility index (Phi) is 6.64. The van der Waals surface area contributed by atoms with E-state index in [1.165, 1.54) is 5.56 Å². The van der Waals surface area contributed by atoms with E-state index in [1.54, 1.807) is 24.1 Å². The van der Waals surface area contributed by atoms with E-state index in [-0.39, 0.29) is 18.0 Å². The van der Waals surface area contributed by atoms with Gasteiger partial charge in [0.15, 0.2) is 0 Å². The largest absolute Gasteiger partial charge is 0.450 e. The highest BCUT2D eigenvalue weighted by Crippen LogP contribution is 2.19. The summed E-state index contributed by atoms with van der Waals surface area (Å²) in [6.07, 6.45) is 2.64. The molecule has 0 radical (unpaired) electrons. The van der Waals surface area contributed by atoms with E-state index in [2.05, 4.69) is 26.7 Å². The fourth-order valence-corrected chi connectivity index (χ4v) is 3.30. The molecule has 1 aliphatic heterocycles. The molecule has 154 valence electrons. The fourth-order valence-electron chi connectivity index (χ4n) is 3.30.